The molecule has 10 heteroatoms. The van der Waals surface area contributed by atoms with Crippen LogP contribution >= 0.6 is 0 Å². The number of hydrogen-bond donors (Lipinski definition) is 2. The Labute approximate surface area is 109 Å². The fraction of sp³-hybridized carbons (Fsp3) is 0.333. The van der Waals surface area contributed by atoms with Crippen molar-refractivity contribution in [2.45, 2.75) is 11.3 Å². The number of rotatable bonds is 6. The molecule has 0 saturated heterocycles. The Balaban J connectivity index is 2.71. The zero-order chi connectivity index (χ0) is 14.7. The van der Waals surface area contributed by atoms with Gasteiger partial charge in [0.05, 0.1) is 5.75 Å². The van der Waals surface area contributed by atoms with Gasteiger partial charge in [0.15, 0.2) is 0 Å². The first-order valence-electron chi connectivity index (χ1n) is 5.07. The fourth-order valence-corrected chi connectivity index (χ4v) is 2.93. The van der Waals surface area contributed by atoms with Crippen LogP contribution in [0.15, 0.2) is 23.1 Å². The van der Waals surface area contributed by atoms with Gasteiger partial charge in [0.25, 0.3) is 0 Å². The predicted octanol–water partition coefficient (Wildman–Crippen LogP) is -0.0783. The van der Waals surface area contributed by atoms with Crippen LogP contribution in [0.25, 0.3) is 0 Å². The highest BCUT2D eigenvalue weighted by atomic mass is 32.2. The molecular weight excluding hydrogens is 302 g/mol. The van der Waals surface area contributed by atoms with Gasteiger partial charge in [0.1, 0.15) is 16.5 Å². The third-order valence-corrected chi connectivity index (χ3v) is 4.43. The SMILES string of the molecule is NS(=O)(=O)CCCNS(=O)(=O)c1ccc(F)cc1F. The van der Waals surface area contributed by atoms with E-state index in [0.29, 0.717) is 6.07 Å². The summed E-state index contributed by atoms with van der Waals surface area (Å²) in [6.07, 6.45) is -0.0547. The number of nitrogens with one attached hydrogen (secondary N) is 1. The molecule has 0 radical (unpaired) electrons. The van der Waals surface area contributed by atoms with Crippen LogP contribution in [-0.2, 0) is 20.0 Å². The van der Waals surface area contributed by atoms with E-state index in [4.69, 9.17) is 5.14 Å². The lowest BCUT2D eigenvalue weighted by Gasteiger charge is -2.07. The van der Waals surface area contributed by atoms with Crippen molar-refractivity contribution in [1.82, 2.24) is 4.72 Å². The second-order valence-corrected chi connectivity index (χ2v) is 7.16. The lowest BCUT2D eigenvalue weighted by Crippen LogP contribution is -2.28. The molecule has 0 fully saturated rings. The van der Waals surface area contributed by atoms with Crippen molar-refractivity contribution in [3.8, 4) is 0 Å². The molecule has 0 saturated carbocycles. The van der Waals surface area contributed by atoms with Crippen LogP contribution in [0, 0.1) is 11.6 Å². The Hall–Kier alpha value is -1.10. The van der Waals surface area contributed by atoms with Crippen molar-refractivity contribution in [3.63, 3.8) is 0 Å². The summed E-state index contributed by atoms with van der Waals surface area (Å²) >= 11 is 0. The quantitative estimate of drug-likeness (QED) is 0.716. The maximum Gasteiger partial charge on any atom is 0.243 e. The molecule has 0 spiro atoms. The maximum absolute atomic E-state index is 13.3. The lowest BCUT2D eigenvalue weighted by molar-refractivity contribution is 0.542. The van der Waals surface area contributed by atoms with Gasteiger partial charge in [-0.2, -0.15) is 0 Å². The van der Waals surface area contributed by atoms with Gasteiger partial charge in [0.2, 0.25) is 20.0 Å². The van der Waals surface area contributed by atoms with E-state index >= 15 is 0 Å². The molecule has 0 atom stereocenters. The normalized spacial score (nSPS) is 12.6. The van der Waals surface area contributed by atoms with E-state index in [-0.39, 0.29) is 13.0 Å². The van der Waals surface area contributed by atoms with Crippen LogP contribution in [0.2, 0.25) is 0 Å². The van der Waals surface area contributed by atoms with Crippen LogP contribution in [-0.4, -0.2) is 29.1 Å². The molecule has 0 amide bonds. The minimum atomic E-state index is -4.15. The molecule has 108 valence electrons. The average Bonchev–Trinajstić information content (AvgIpc) is 2.22. The number of primary sulfonamides is 1. The van der Waals surface area contributed by atoms with Gasteiger partial charge >= 0.3 is 0 Å². The van der Waals surface area contributed by atoms with Gasteiger partial charge < -0.3 is 0 Å². The summed E-state index contributed by atoms with van der Waals surface area (Å²) in [6.45, 7) is -0.227. The second kappa shape index (κ2) is 5.90. The van der Waals surface area contributed by atoms with Crippen molar-refractivity contribution in [1.29, 1.82) is 0 Å². The predicted molar refractivity (Wildman–Crippen MR) is 64.1 cm³/mol. The summed E-state index contributed by atoms with van der Waals surface area (Å²) in [4.78, 5) is -0.704. The molecule has 0 aliphatic carbocycles. The number of nitrogens with two attached hydrogens (primary N) is 1. The van der Waals surface area contributed by atoms with Gasteiger partial charge in [-0.1, -0.05) is 0 Å². The van der Waals surface area contributed by atoms with Gasteiger partial charge in [-0.25, -0.2) is 35.5 Å². The van der Waals surface area contributed by atoms with Gasteiger partial charge in [0, 0.05) is 12.6 Å². The topological polar surface area (TPSA) is 106 Å². The van der Waals surface area contributed by atoms with E-state index in [1.807, 2.05) is 4.72 Å². The zero-order valence-electron chi connectivity index (χ0n) is 9.64. The van der Waals surface area contributed by atoms with Crippen molar-refractivity contribution in [3.05, 3.63) is 29.8 Å². The number of halogens is 2. The molecule has 0 aliphatic rings. The molecule has 0 aromatic heterocycles. The molecule has 0 aliphatic heterocycles. The molecular formula is C9H12F2N2O4S2. The standard InChI is InChI=1S/C9H12F2N2O4S2/c10-7-2-3-9(8(11)6-7)19(16,17)13-4-1-5-18(12,14)15/h2-3,6,13H,1,4-5H2,(H2,12,14,15). The summed E-state index contributed by atoms with van der Waals surface area (Å²) in [7, 11) is -7.83. The zero-order valence-corrected chi connectivity index (χ0v) is 11.3. The van der Waals surface area contributed by atoms with Crippen LogP contribution < -0.4 is 9.86 Å². The Morgan fingerprint density at radius 1 is 1.16 bits per heavy atom. The molecule has 3 N–H and O–H groups in total. The average molecular weight is 314 g/mol. The molecule has 0 heterocycles. The molecule has 6 nitrogen and oxygen atoms in total. The number of sulfonamides is 2. The van der Waals surface area contributed by atoms with Crippen molar-refractivity contribution < 1.29 is 25.6 Å². The summed E-state index contributed by atoms with van der Waals surface area (Å²) in [5.74, 6) is -2.52. The Bertz CT molecular complexity index is 659. The van der Waals surface area contributed by atoms with Crippen LogP contribution in [0.4, 0.5) is 8.78 Å². The Morgan fingerprint density at radius 2 is 1.79 bits per heavy atom. The first-order chi connectivity index (χ1) is 8.62. The van der Waals surface area contributed by atoms with E-state index in [1.165, 1.54) is 0 Å². The maximum atomic E-state index is 13.3. The second-order valence-electron chi connectivity index (χ2n) is 3.69. The van der Waals surface area contributed by atoms with Crippen molar-refractivity contribution >= 4 is 20.0 Å². The van der Waals surface area contributed by atoms with Gasteiger partial charge in [-0.3, -0.25) is 0 Å². The molecule has 0 bridgehead atoms. The van der Waals surface area contributed by atoms with Crippen LogP contribution in [0.1, 0.15) is 6.42 Å². The highest BCUT2D eigenvalue weighted by Gasteiger charge is 2.19. The van der Waals surface area contributed by atoms with Crippen molar-refractivity contribution in [2.75, 3.05) is 12.3 Å². The summed E-state index contributed by atoms with van der Waals surface area (Å²) in [5, 5.41) is 4.73. The summed E-state index contributed by atoms with van der Waals surface area (Å²) in [6, 6.07) is 2.04. The van der Waals surface area contributed by atoms with E-state index in [0.717, 1.165) is 12.1 Å². The molecule has 0 unspecified atom stereocenters. The van der Waals surface area contributed by atoms with E-state index < -0.39 is 42.3 Å². The third-order valence-electron chi connectivity index (χ3n) is 2.08. The Kier molecular flexibility index (Phi) is 4.96. The molecule has 1 aromatic carbocycles. The van der Waals surface area contributed by atoms with Gasteiger partial charge in [-0.05, 0) is 18.6 Å². The fourth-order valence-electron chi connectivity index (χ4n) is 1.25. The summed E-state index contributed by atoms with van der Waals surface area (Å²) in [5.41, 5.74) is 0. The van der Waals surface area contributed by atoms with Crippen LogP contribution in [0.3, 0.4) is 0 Å². The minimum Gasteiger partial charge on any atom is -0.229 e. The number of benzene rings is 1. The van der Waals surface area contributed by atoms with E-state index in [2.05, 4.69) is 0 Å². The monoisotopic (exact) mass is 314 g/mol. The smallest absolute Gasteiger partial charge is 0.229 e. The van der Waals surface area contributed by atoms with Crippen LogP contribution in [0.5, 0.6) is 0 Å². The van der Waals surface area contributed by atoms with Crippen molar-refractivity contribution in [2.24, 2.45) is 5.14 Å². The Morgan fingerprint density at radius 3 is 2.32 bits per heavy atom. The first-order valence-corrected chi connectivity index (χ1v) is 8.27. The molecule has 1 rings (SSSR count). The van der Waals surface area contributed by atoms with E-state index in [1.54, 1.807) is 0 Å². The summed E-state index contributed by atoms with van der Waals surface area (Å²) < 4.78 is 72.4. The highest BCUT2D eigenvalue weighted by molar-refractivity contribution is 7.89. The third kappa shape index (κ3) is 5.19. The van der Waals surface area contributed by atoms with E-state index in [9.17, 15) is 25.6 Å². The first kappa shape index (κ1) is 16.0. The van der Waals surface area contributed by atoms with Gasteiger partial charge in [-0.15, -0.1) is 0 Å². The number of hydrogen-bond acceptors (Lipinski definition) is 4. The largest absolute Gasteiger partial charge is 0.243 e. The highest BCUT2D eigenvalue weighted by Crippen LogP contribution is 2.15. The minimum absolute atomic E-state index is 0.0547. The lowest BCUT2D eigenvalue weighted by atomic mass is 10.3. The molecule has 1 aromatic rings. The molecule has 19 heavy (non-hydrogen) atoms.